The number of aryl methyl sites for hydroxylation is 3. The van der Waals surface area contributed by atoms with Crippen LogP contribution in [-0.4, -0.2) is 15.3 Å². The molecule has 4 aromatic rings. The number of phenols is 3. The fraction of sp³-hybridized carbons (Fsp3) is 0.200. The molecular formula is C30H31NO4. The summed E-state index contributed by atoms with van der Waals surface area (Å²) in [5.74, 6) is 1.57. The van der Waals surface area contributed by atoms with E-state index in [1.165, 1.54) is 0 Å². The second kappa shape index (κ2) is 9.26. The number of nitrogens with zero attached hydrogens (tertiary/aromatic N) is 1. The van der Waals surface area contributed by atoms with Gasteiger partial charge in [0.15, 0.2) is 5.75 Å². The molecule has 4 rings (SSSR count). The Morgan fingerprint density at radius 3 is 1.51 bits per heavy atom. The van der Waals surface area contributed by atoms with Crippen LogP contribution in [-0.2, 0) is 0 Å². The zero-order valence-electron chi connectivity index (χ0n) is 21.0. The van der Waals surface area contributed by atoms with Crippen molar-refractivity contribution in [1.82, 2.24) is 0 Å². The predicted molar refractivity (Wildman–Crippen MR) is 141 cm³/mol. The third-order valence-electron chi connectivity index (χ3n) is 6.66. The number of phenolic OH excluding ortho intramolecular Hbond substituents is 3. The molecule has 0 aliphatic heterocycles. The summed E-state index contributed by atoms with van der Waals surface area (Å²) in [6.45, 7) is 11.8. The second-order valence-corrected chi connectivity index (χ2v) is 9.10. The van der Waals surface area contributed by atoms with Crippen LogP contribution in [0, 0.1) is 41.5 Å². The zero-order chi connectivity index (χ0) is 25.4. The van der Waals surface area contributed by atoms with E-state index in [1.54, 1.807) is 36.4 Å². The van der Waals surface area contributed by atoms with Crippen molar-refractivity contribution < 1.29 is 20.1 Å². The van der Waals surface area contributed by atoms with E-state index in [0.29, 0.717) is 11.5 Å². The molecule has 0 bridgehead atoms. The van der Waals surface area contributed by atoms with E-state index in [1.807, 2.05) is 70.7 Å². The SMILES string of the molecule is Cc1cc(O)cc(Oc2ccccc2N(c2cc(O)cc(C)c2C)c2cc(O)cc(C)c2C)c1C. The Hall–Kier alpha value is -4.12. The van der Waals surface area contributed by atoms with Gasteiger partial charge in [-0.25, -0.2) is 0 Å². The Morgan fingerprint density at radius 2 is 0.971 bits per heavy atom. The van der Waals surface area contributed by atoms with Gasteiger partial charge in [0.1, 0.15) is 23.0 Å². The highest BCUT2D eigenvalue weighted by Crippen LogP contribution is 2.47. The van der Waals surface area contributed by atoms with E-state index < -0.39 is 0 Å². The molecule has 3 N–H and O–H groups in total. The van der Waals surface area contributed by atoms with E-state index in [4.69, 9.17) is 4.74 Å². The molecule has 0 spiro atoms. The van der Waals surface area contributed by atoms with Crippen LogP contribution < -0.4 is 9.64 Å². The average Bonchev–Trinajstić information content (AvgIpc) is 2.79. The quantitative estimate of drug-likeness (QED) is 0.277. The molecule has 5 nitrogen and oxygen atoms in total. The highest BCUT2D eigenvalue weighted by molar-refractivity contribution is 5.85. The first-order valence-electron chi connectivity index (χ1n) is 11.5. The molecule has 0 fully saturated rings. The van der Waals surface area contributed by atoms with Gasteiger partial charge in [0.05, 0.1) is 17.1 Å². The van der Waals surface area contributed by atoms with Crippen molar-refractivity contribution in [1.29, 1.82) is 0 Å². The van der Waals surface area contributed by atoms with Gasteiger partial charge in [-0.3, -0.25) is 0 Å². The van der Waals surface area contributed by atoms with Crippen molar-refractivity contribution in [3.8, 4) is 28.7 Å². The van der Waals surface area contributed by atoms with E-state index in [2.05, 4.69) is 0 Å². The molecular weight excluding hydrogens is 438 g/mol. The molecule has 0 saturated carbocycles. The lowest BCUT2D eigenvalue weighted by Crippen LogP contribution is -2.14. The molecule has 0 atom stereocenters. The first-order chi connectivity index (χ1) is 16.6. The van der Waals surface area contributed by atoms with Gasteiger partial charge in [-0.2, -0.15) is 0 Å². The van der Waals surface area contributed by atoms with Crippen molar-refractivity contribution in [2.45, 2.75) is 41.5 Å². The van der Waals surface area contributed by atoms with Crippen LogP contribution in [0.1, 0.15) is 33.4 Å². The molecule has 0 aromatic heterocycles. The minimum atomic E-state index is 0.135. The summed E-state index contributed by atoms with van der Waals surface area (Å²) in [5, 5.41) is 31.2. The third kappa shape index (κ3) is 4.62. The number of para-hydroxylation sites is 2. The Balaban J connectivity index is 2.00. The highest BCUT2D eigenvalue weighted by atomic mass is 16.5. The normalized spacial score (nSPS) is 10.9. The molecule has 0 unspecified atom stereocenters. The van der Waals surface area contributed by atoms with Gasteiger partial charge in [0.25, 0.3) is 0 Å². The minimum absolute atomic E-state index is 0.135. The van der Waals surface area contributed by atoms with Crippen LogP contribution >= 0.6 is 0 Å². The van der Waals surface area contributed by atoms with Crippen molar-refractivity contribution in [3.05, 3.63) is 94.0 Å². The van der Waals surface area contributed by atoms with Crippen LogP contribution in [0.3, 0.4) is 0 Å². The van der Waals surface area contributed by atoms with Gasteiger partial charge in [-0.05, 0) is 105 Å². The zero-order valence-corrected chi connectivity index (χ0v) is 21.0. The largest absolute Gasteiger partial charge is 0.508 e. The maximum absolute atomic E-state index is 10.5. The Kier molecular flexibility index (Phi) is 6.35. The molecule has 35 heavy (non-hydrogen) atoms. The number of hydrogen-bond acceptors (Lipinski definition) is 5. The van der Waals surface area contributed by atoms with Crippen LogP contribution in [0.4, 0.5) is 17.1 Å². The van der Waals surface area contributed by atoms with Crippen molar-refractivity contribution in [2.24, 2.45) is 0 Å². The van der Waals surface area contributed by atoms with Gasteiger partial charge >= 0.3 is 0 Å². The van der Waals surface area contributed by atoms with Gasteiger partial charge in [-0.1, -0.05) is 12.1 Å². The number of aromatic hydroxyl groups is 3. The summed E-state index contributed by atoms with van der Waals surface area (Å²) in [7, 11) is 0. The van der Waals surface area contributed by atoms with Crippen molar-refractivity contribution in [3.63, 3.8) is 0 Å². The van der Waals surface area contributed by atoms with E-state index >= 15 is 0 Å². The van der Waals surface area contributed by atoms with Crippen LogP contribution in [0.25, 0.3) is 0 Å². The average molecular weight is 470 g/mol. The molecule has 0 radical (unpaired) electrons. The van der Waals surface area contributed by atoms with E-state index in [-0.39, 0.29) is 17.2 Å². The lowest BCUT2D eigenvalue weighted by molar-refractivity contribution is 0.452. The lowest BCUT2D eigenvalue weighted by Gasteiger charge is -2.31. The number of benzene rings is 4. The third-order valence-corrected chi connectivity index (χ3v) is 6.66. The van der Waals surface area contributed by atoms with Crippen LogP contribution in [0.15, 0.2) is 60.7 Å². The van der Waals surface area contributed by atoms with Gasteiger partial charge in [0.2, 0.25) is 0 Å². The maximum Gasteiger partial charge on any atom is 0.151 e. The van der Waals surface area contributed by atoms with Gasteiger partial charge < -0.3 is 25.0 Å². The summed E-state index contributed by atoms with van der Waals surface area (Å²) in [6.07, 6.45) is 0. The maximum atomic E-state index is 10.5. The summed E-state index contributed by atoms with van der Waals surface area (Å²) in [5.41, 5.74) is 7.99. The summed E-state index contributed by atoms with van der Waals surface area (Å²) >= 11 is 0. The first-order valence-corrected chi connectivity index (χ1v) is 11.5. The fourth-order valence-corrected chi connectivity index (χ4v) is 4.26. The van der Waals surface area contributed by atoms with Crippen LogP contribution in [0.5, 0.6) is 28.7 Å². The van der Waals surface area contributed by atoms with Crippen LogP contribution in [0.2, 0.25) is 0 Å². The lowest BCUT2D eigenvalue weighted by atomic mass is 10.0. The Labute approximate surface area is 206 Å². The van der Waals surface area contributed by atoms with E-state index in [0.717, 1.165) is 50.4 Å². The summed E-state index contributed by atoms with van der Waals surface area (Å²) in [6, 6.07) is 17.9. The molecule has 0 aliphatic rings. The number of anilines is 3. The molecule has 0 saturated heterocycles. The highest BCUT2D eigenvalue weighted by Gasteiger charge is 2.23. The number of hydrogen-bond donors (Lipinski definition) is 3. The molecule has 180 valence electrons. The summed E-state index contributed by atoms with van der Waals surface area (Å²) < 4.78 is 6.40. The molecule has 0 amide bonds. The number of ether oxygens (including phenoxy) is 1. The molecule has 0 heterocycles. The molecule has 0 aliphatic carbocycles. The Bertz CT molecular complexity index is 1370. The monoisotopic (exact) mass is 469 g/mol. The molecule has 4 aromatic carbocycles. The van der Waals surface area contributed by atoms with Gasteiger partial charge in [-0.15, -0.1) is 0 Å². The first kappa shape index (κ1) is 24.0. The fourth-order valence-electron chi connectivity index (χ4n) is 4.26. The molecule has 5 heteroatoms. The topological polar surface area (TPSA) is 73.2 Å². The number of rotatable bonds is 5. The van der Waals surface area contributed by atoms with Gasteiger partial charge in [0, 0.05) is 18.2 Å². The smallest absolute Gasteiger partial charge is 0.151 e. The minimum Gasteiger partial charge on any atom is -0.508 e. The second-order valence-electron chi connectivity index (χ2n) is 9.10. The van der Waals surface area contributed by atoms with Crippen molar-refractivity contribution >= 4 is 17.1 Å². The predicted octanol–water partition coefficient (Wildman–Crippen LogP) is 7.92. The Morgan fingerprint density at radius 1 is 0.514 bits per heavy atom. The standard InChI is InChI=1S/C30H31NO4/c1-17-11-23(32)14-27(20(17)4)31(28-15-24(33)12-18(2)21(28)5)26-9-7-8-10-29(26)35-30-16-25(34)13-19(3)22(30)6/h7-16,32-34H,1-6H3. The van der Waals surface area contributed by atoms with Crippen molar-refractivity contribution in [2.75, 3.05) is 4.90 Å². The van der Waals surface area contributed by atoms with E-state index in [9.17, 15) is 15.3 Å². The summed E-state index contributed by atoms with van der Waals surface area (Å²) in [4.78, 5) is 2.00.